The van der Waals surface area contributed by atoms with Crippen LogP contribution >= 0.6 is 11.8 Å². The molecule has 2 atom stereocenters. The van der Waals surface area contributed by atoms with Crippen LogP contribution in [-0.4, -0.2) is 17.5 Å². The van der Waals surface area contributed by atoms with Crippen molar-refractivity contribution in [1.29, 1.82) is 0 Å². The molecule has 94 valence electrons. The van der Waals surface area contributed by atoms with Crippen molar-refractivity contribution in [3.63, 3.8) is 0 Å². The fourth-order valence-corrected chi connectivity index (χ4v) is 2.75. The van der Waals surface area contributed by atoms with Gasteiger partial charge in [0.2, 0.25) is 0 Å². The molecule has 17 heavy (non-hydrogen) atoms. The molecule has 0 saturated carbocycles. The Balaban J connectivity index is 2.76. The molecule has 0 fully saturated rings. The third-order valence-electron chi connectivity index (χ3n) is 2.81. The third-order valence-corrected chi connectivity index (χ3v) is 4.03. The smallest absolute Gasteiger partial charge is 0.0437 e. The second kappa shape index (κ2) is 7.57. The summed E-state index contributed by atoms with van der Waals surface area (Å²) in [7, 11) is 0. The molecule has 0 saturated heterocycles. The van der Waals surface area contributed by atoms with Gasteiger partial charge in [0.1, 0.15) is 0 Å². The van der Waals surface area contributed by atoms with E-state index in [0.717, 1.165) is 12.3 Å². The number of nitrogens with one attached hydrogen (secondary N) is 1. The summed E-state index contributed by atoms with van der Waals surface area (Å²) in [6, 6.07) is 9.25. The maximum Gasteiger partial charge on any atom is 0.0437 e. The normalized spacial score (nSPS) is 14.3. The largest absolute Gasteiger partial charge is 0.309 e. The van der Waals surface area contributed by atoms with Gasteiger partial charge in [-0.25, -0.2) is 0 Å². The lowest BCUT2D eigenvalue weighted by molar-refractivity contribution is 0.548. The Kier molecular flexibility index (Phi) is 6.38. The highest BCUT2D eigenvalue weighted by Gasteiger charge is 2.17. The molecule has 1 N–H and O–H groups in total. The van der Waals surface area contributed by atoms with E-state index in [9.17, 15) is 0 Å². The number of benzene rings is 1. The van der Waals surface area contributed by atoms with Crippen LogP contribution in [0, 0.1) is 6.92 Å². The molecule has 0 radical (unpaired) electrons. The number of thioether (sulfide) groups is 1. The van der Waals surface area contributed by atoms with Crippen LogP contribution in [0.25, 0.3) is 0 Å². The molecular formula is C15H23NS. The van der Waals surface area contributed by atoms with Gasteiger partial charge in [0, 0.05) is 17.0 Å². The quantitative estimate of drug-likeness (QED) is 0.734. The van der Waals surface area contributed by atoms with Crippen LogP contribution in [0.15, 0.2) is 36.9 Å². The Morgan fingerprint density at radius 2 is 2.00 bits per heavy atom. The average molecular weight is 249 g/mol. The third kappa shape index (κ3) is 4.57. The van der Waals surface area contributed by atoms with Crippen molar-refractivity contribution in [3.8, 4) is 0 Å². The van der Waals surface area contributed by atoms with Crippen LogP contribution in [0.4, 0.5) is 0 Å². The van der Waals surface area contributed by atoms with Crippen molar-refractivity contribution < 1.29 is 0 Å². The number of hydrogen-bond donors (Lipinski definition) is 1. The molecular weight excluding hydrogens is 226 g/mol. The highest BCUT2D eigenvalue weighted by molar-refractivity contribution is 8.00. The van der Waals surface area contributed by atoms with Gasteiger partial charge in [-0.15, -0.1) is 6.58 Å². The second-order valence-electron chi connectivity index (χ2n) is 4.27. The van der Waals surface area contributed by atoms with Crippen molar-refractivity contribution in [2.24, 2.45) is 0 Å². The summed E-state index contributed by atoms with van der Waals surface area (Å²) in [4.78, 5) is 0. The molecule has 0 amide bonds. The Labute approximate surface area is 110 Å². The standard InChI is InChI=1S/C15H23NS/c1-5-11-17-13(4)15(16-6-2)14-9-7-12(3)8-10-14/h5,7-10,13,15-16H,1,6,11H2,2-4H3. The Hall–Kier alpha value is -0.730. The molecule has 1 nitrogen and oxygen atoms in total. The minimum atomic E-state index is 0.422. The average Bonchev–Trinajstić information content (AvgIpc) is 2.34. The van der Waals surface area contributed by atoms with Crippen LogP contribution < -0.4 is 5.32 Å². The van der Waals surface area contributed by atoms with Crippen molar-refractivity contribution in [2.75, 3.05) is 12.3 Å². The molecule has 1 aromatic rings. The van der Waals surface area contributed by atoms with E-state index in [1.54, 1.807) is 0 Å². The summed E-state index contributed by atoms with van der Waals surface area (Å²) in [5.41, 5.74) is 2.69. The van der Waals surface area contributed by atoms with E-state index in [1.807, 2.05) is 17.8 Å². The van der Waals surface area contributed by atoms with E-state index in [-0.39, 0.29) is 0 Å². The first-order valence-corrected chi connectivity index (χ1v) is 7.26. The van der Waals surface area contributed by atoms with Crippen LogP contribution in [-0.2, 0) is 0 Å². The SMILES string of the molecule is C=CCSC(C)C(NCC)c1ccc(C)cc1. The molecule has 0 aliphatic rings. The number of aryl methyl sites for hydroxylation is 1. The van der Waals surface area contributed by atoms with Crippen LogP contribution in [0.5, 0.6) is 0 Å². The van der Waals surface area contributed by atoms with Gasteiger partial charge in [0.25, 0.3) is 0 Å². The zero-order chi connectivity index (χ0) is 12.7. The second-order valence-corrected chi connectivity index (χ2v) is 5.68. The molecule has 0 bridgehead atoms. The van der Waals surface area contributed by atoms with E-state index in [4.69, 9.17) is 0 Å². The van der Waals surface area contributed by atoms with Gasteiger partial charge in [-0.05, 0) is 19.0 Å². The zero-order valence-electron chi connectivity index (χ0n) is 11.1. The number of rotatable bonds is 7. The van der Waals surface area contributed by atoms with Gasteiger partial charge in [-0.1, -0.05) is 49.8 Å². The van der Waals surface area contributed by atoms with Crippen LogP contribution in [0.1, 0.15) is 31.0 Å². The minimum Gasteiger partial charge on any atom is -0.309 e. The van der Waals surface area contributed by atoms with E-state index in [2.05, 4.69) is 56.9 Å². The maximum atomic E-state index is 3.78. The van der Waals surface area contributed by atoms with E-state index < -0.39 is 0 Å². The summed E-state index contributed by atoms with van der Waals surface area (Å²) in [6.07, 6.45) is 1.97. The molecule has 0 spiro atoms. The summed E-state index contributed by atoms with van der Waals surface area (Å²) in [5.74, 6) is 1.01. The van der Waals surface area contributed by atoms with Crippen molar-refractivity contribution in [3.05, 3.63) is 48.0 Å². The zero-order valence-corrected chi connectivity index (χ0v) is 11.9. The monoisotopic (exact) mass is 249 g/mol. The van der Waals surface area contributed by atoms with Crippen LogP contribution in [0.2, 0.25) is 0 Å². The molecule has 0 aromatic heterocycles. The summed E-state index contributed by atoms with van der Waals surface area (Å²) in [6.45, 7) is 11.3. The molecule has 0 aliphatic carbocycles. The van der Waals surface area contributed by atoms with Gasteiger partial charge in [-0.3, -0.25) is 0 Å². The molecule has 1 rings (SSSR count). The van der Waals surface area contributed by atoms with Crippen molar-refractivity contribution in [2.45, 2.75) is 32.1 Å². The first kappa shape index (κ1) is 14.3. The molecule has 0 heterocycles. The lowest BCUT2D eigenvalue weighted by Crippen LogP contribution is -2.28. The number of hydrogen-bond acceptors (Lipinski definition) is 2. The fraction of sp³-hybridized carbons (Fsp3) is 0.467. The summed E-state index contributed by atoms with van der Waals surface area (Å²) in [5, 5.41) is 4.12. The molecule has 1 aromatic carbocycles. The first-order valence-electron chi connectivity index (χ1n) is 6.21. The minimum absolute atomic E-state index is 0.422. The van der Waals surface area contributed by atoms with Crippen LogP contribution in [0.3, 0.4) is 0 Å². The Morgan fingerprint density at radius 1 is 1.35 bits per heavy atom. The highest BCUT2D eigenvalue weighted by Crippen LogP contribution is 2.26. The Bertz CT molecular complexity index is 331. The van der Waals surface area contributed by atoms with E-state index >= 15 is 0 Å². The van der Waals surface area contributed by atoms with E-state index in [1.165, 1.54) is 11.1 Å². The summed E-state index contributed by atoms with van der Waals surface area (Å²) >= 11 is 1.94. The van der Waals surface area contributed by atoms with Gasteiger partial charge < -0.3 is 5.32 Å². The predicted octanol–water partition coefficient (Wildman–Crippen LogP) is 3.95. The molecule has 0 aliphatic heterocycles. The Morgan fingerprint density at radius 3 is 2.53 bits per heavy atom. The van der Waals surface area contributed by atoms with E-state index in [0.29, 0.717) is 11.3 Å². The lowest BCUT2D eigenvalue weighted by atomic mass is 10.0. The van der Waals surface area contributed by atoms with Crippen molar-refractivity contribution >= 4 is 11.8 Å². The summed E-state index contributed by atoms with van der Waals surface area (Å²) < 4.78 is 0. The first-order chi connectivity index (χ1) is 8.19. The topological polar surface area (TPSA) is 12.0 Å². The van der Waals surface area contributed by atoms with Gasteiger partial charge >= 0.3 is 0 Å². The van der Waals surface area contributed by atoms with Gasteiger partial charge in [0.15, 0.2) is 0 Å². The predicted molar refractivity (Wildman–Crippen MR) is 79.7 cm³/mol. The van der Waals surface area contributed by atoms with Crippen molar-refractivity contribution in [1.82, 2.24) is 5.32 Å². The molecule has 2 heteroatoms. The highest BCUT2D eigenvalue weighted by atomic mass is 32.2. The fourth-order valence-electron chi connectivity index (χ4n) is 1.86. The lowest BCUT2D eigenvalue weighted by Gasteiger charge is -2.24. The van der Waals surface area contributed by atoms with Gasteiger partial charge in [0.05, 0.1) is 0 Å². The van der Waals surface area contributed by atoms with Gasteiger partial charge in [-0.2, -0.15) is 11.8 Å². The maximum absolute atomic E-state index is 3.78. The molecule has 2 unspecified atom stereocenters.